The predicted molar refractivity (Wildman–Crippen MR) is 106 cm³/mol. The molecule has 25 heavy (non-hydrogen) atoms. The van der Waals surface area contributed by atoms with E-state index in [1.165, 1.54) is 36.0 Å². The Kier molecular flexibility index (Phi) is 5.96. The van der Waals surface area contributed by atoms with Crippen LogP contribution in [0.2, 0.25) is 0 Å². The fourth-order valence-corrected chi connectivity index (χ4v) is 4.23. The number of aryl methyl sites for hydroxylation is 2. The van der Waals surface area contributed by atoms with E-state index in [0.717, 1.165) is 37.7 Å². The maximum absolute atomic E-state index is 11.1. The van der Waals surface area contributed by atoms with Gasteiger partial charge >= 0.3 is 0 Å². The van der Waals surface area contributed by atoms with Crippen molar-refractivity contribution in [2.45, 2.75) is 76.7 Å². The molecule has 1 heteroatoms. The van der Waals surface area contributed by atoms with Crippen LogP contribution in [0.4, 0.5) is 0 Å². The normalized spacial score (nSPS) is 23.6. The van der Waals surface area contributed by atoms with Crippen molar-refractivity contribution in [2.24, 2.45) is 0 Å². The maximum Gasteiger partial charge on any atom is 0.0897 e. The summed E-state index contributed by atoms with van der Waals surface area (Å²) >= 11 is 0. The van der Waals surface area contributed by atoms with E-state index in [4.69, 9.17) is 0 Å². The molecule has 0 radical (unpaired) electrons. The second-order valence-electron chi connectivity index (χ2n) is 7.74. The van der Waals surface area contributed by atoms with Crippen LogP contribution in [-0.2, 0) is 18.4 Å². The number of hydrogen-bond acceptors (Lipinski definition) is 1. The van der Waals surface area contributed by atoms with E-state index in [1.807, 2.05) is 0 Å². The van der Waals surface area contributed by atoms with Crippen molar-refractivity contribution in [2.75, 3.05) is 0 Å². The zero-order valence-corrected chi connectivity index (χ0v) is 15.8. The Labute approximate surface area is 153 Å². The third kappa shape index (κ3) is 4.33. The summed E-state index contributed by atoms with van der Waals surface area (Å²) in [6.45, 7) is 4.43. The number of hydrogen-bond donors (Lipinski definition) is 1. The van der Waals surface area contributed by atoms with Crippen LogP contribution in [0.5, 0.6) is 0 Å². The minimum Gasteiger partial charge on any atom is -0.385 e. The molecule has 0 unspecified atom stereocenters. The van der Waals surface area contributed by atoms with E-state index in [-0.39, 0.29) is 0 Å². The standard InChI is InChI=1S/C24H32O/c1-3-5-19-7-11-21(12-8-19)22-15-17-24(25,18-16-22)23-13-9-20(6-4-2)10-14-23/h7-14,22,25H,3-6,15-18H2,1-2H3. The Morgan fingerprint density at radius 1 is 0.800 bits per heavy atom. The third-order valence-electron chi connectivity index (χ3n) is 5.83. The lowest BCUT2D eigenvalue weighted by atomic mass is 9.73. The first kappa shape index (κ1) is 18.2. The van der Waals surface area contributed by atoms with Crippen LogP contribution in [0.1, 0.15) is 80.5 Å². The van der Waals surface area contributed by atoms with Gasteiger partial charge in [0.2, 0.25) is 0 Å². The fraction of sp³-hybridized carbons (Fsp3) is 0.500. The summed E-state index contributed by atoms with van der Waals surface area (Å²) in [7, 11) is 0. The minimum absolute atomic E-state index is 0.593. The molecule has 0 saturated heterocycles. The molecule has 1 nitrogen and oxygen atoms in total. The second kappa shape index (κ2) is 8.19. The van der Waals surface area contributed by atoms with E-state index >= 15 is 0 Å². The monoisotopic (exact) mass is 336 g/mol. The molecule has 0 heterocycles. The lowest BCUT2D eigenvalue weighted by Gasteiger charge is -2.36. The smallest absolute Gasteiger partial charge is 0.0897 e. The van der Waals surface area contributed by atoms with E-state index in [0.29, 0.717) is 5.92 Å². The Morgan fingerprint density at radius 2 is 1.28 bits per heavy atom. The van der Waals surface area contributed by atoms with Crippen molar-refractivity contribution in [3.63, 3.8) is 0 Å². The minimum atomic E-state index is -0.636. The average Bonchev–Trinajstić information content (AvgIpc) is 2.64. The van der Waals surface area contributed by atoms with Gasteiger partial charge in [0.15, 0.2) is 0 Å². The molecular weight excluding hydrogens is 304 g/mol. The Balaban J connectivity index is 1.63. The van der Waals surface area contributed by atoms with Crippen LogP contribution in [0.15, 0.2) is 48.5 Å². The van der Waals surface area contributed by atoms with Gasteiger partial charge in [0, 0.05) is 0 Å². The Hall–Kier alpha value is -1.60. The van der Waals surface area contributed by atoms with Crippen molar-refractivity contribution in [3.05, 3.63) is 70.8 Å². The molecule has 1 fully saturated rings. The molecule has 0 spiro atoms. The molecule has 0 aliphatic heterocycles. The third-order valence-corrected chi connectivity index (χ3v) is 5.83. The lowest BCUT2D eigenvalue weighted by molar-refractivity contribution is -0.00567. The van der Waals surface area contributed by atoms with Crippen molar-refractivity contribution in [1.82, 2.24) is 0 Å². The van der Waals surface area contributed by atoms with Crippen molar-refractivity contribution in [1.29, 1.82) is 0 Å². The average molecular weight is 337 g/mol. The molecule has 134 valence electrons. The summed E-state index contributed by atoms with van der Waals surface area (Å²) in [5, 5.41) is 11.1. The molecule has 1 aliphatic rings. The number of benzene rings is 2. The topological polar surface area (TPSA) is 20.2 Å². The zero-order chi connectivity index (χ0) is 17.7. The number of rotatable bonds is 6. The van der Waals surface area contributed by atoms with Crippen molar-refractivity contribution < 1.29 is 5.11 Å². The van der Waals surface area contributed by atoms with E-state index < -0.39 is 5.60 Å². The zero-order valence-electron chi connectivity index (χ0n) is 15.8. The summed E-state index contributed by atoms with van der Waals surface area (Å²) in [6, 6.07) is 17.8. The van der Waals surface area contributed by atoms with Gasteiger partial charge in [-0.3, -0.25) is 0 Å². The first-order chi connectivity index (χ1) is 12.1. The van der Waals surface area contributed by atoms with Crippen LogP contribution in [0.25, 0.3) is 0 Å². The molecule has 0 atom stereocenters. The van der Waals surface area contributed by atoms with E-state index in [1.54, 1.807) is 0 Å². The van der Waals surface area contributed by atoms with Gasteiger partial charge in [-0.2, -0.15) is 0 Å². The van der Waals surface area contributed by atoms with Crippen LogP contribution in [0, 0.1) is 0 Å². The molecule has 1 saturated carbocycles. The molecule has 3 rings (SSSR count). The molecule has 0 amide bonds. The van der Waals surface area contributed by atoms with Gasteiger partial charge in [-0.05, 0) is 66.7 Å². The summed E-state index contributed by atoms with van der Waals surface area (Å²) in [5.41, 5.74) is 4.72. The summed E-state index contributed by atoms with van der Waals surface area (Å²) in [4.78, 5) is 0. The van der Waals surface area contributed by atoms with Gasteiger partial charge < -0.3 is 5.11 Å². The van der Waals surface area contributed by atoms with Crippen molar-refractivity contribution in [3.8, 4) is 0 Å². The van der Waals surface area contributed by atoms with Crippen molar-refractivity contribution >= 4 is 0 Å². The van der Waals surface area contributed by atoms with Crippen LogP contribution < -0.4 is 0 Å². The SMILES string of the molecule is CCCc1ccc(C2CCC(O)(c3ccc(CCC)cc3)CC2)cc1. The number of aliphatic hydroxyl groups is 1. The second-order valence-corrected chi connectivity index (χ2v) is 7.74. The van der Waals surface area contributed by atoms with Gasteiger partial charge in [0.1, 0.15) is 0 Å². The van der Waals surface area contributed by atoms with Gasteiger partial charge in [-0.25, -0.2) is 0 Å². The van der Waals surface area contributed by atoms with Crippen LogP contribution in [0.3, 0.4) is 0 Å². The van der Waals surface area contributed by atoms with E-state index in [9.17, 15) is 5.11 Å². The first-order valence-corrected chi connectivity index (χ1v) is 10.0. The van der Waals surface area contributed by atoms with Crippen LogP contribution in [-0.4, -0.2) is 5.11 Å². The highest BCUT2D eigenvalue weighted by atomic mass is 16.3. The van der Waals surface area contributed by atoms with Gasteiger partial charge in [0.25, 0.3) is 0 Å². The summed E-state index contributed by atoms with van der Waals surface area (Å²) < 4.78 is 0. The maximum atomic E-state index is 11.1. The Bertz CT molecular complexity index is 645. The molecule has 2 aromatic rings. The Morgan fingerprint density at radius 3 is 1.76 bits per heavy atom. The molecule has 0 aromatic heterocycles. The predicted octanol–water partition coefficient (Wildman–Crippen LogP) is 6.14. The van der Waals surface area contributed by atoms with Gasteiger partial charge in [-0.1, -0.05) is 75.2 Å². The molecule has 2 aromatic carbocycles. The molecule has 1 N–H and O–H groups in total. The molecule has 0 bridgehead atoms. The lowest BCUT2D eigenvalue weighted by Crippen LogP contribution is -2.30. The fourth-order valence-electron chi connectivity index (χ4n) is 4.23. The van der Waals surface area contributed by atoms with Gasteiger partial charge in [0.05, 0.1) is 5.60 Å². The highest BCUT2D eigenvalue weighted by Gasteiger charge is 2.35. The van der Waals surface area contributed by atoms with Gasteiger partial charge in [-0.15, -0.1) is 0 Å². The highest BCUT2D eigenvalue weighted by molar-refractivity contribution is 5.30. The quantitative estimate of drug-likeness (QED) is 0.672. The molecule has 1 aliphatic carbocycles. The van der Waals surface area contributed by atoms with Crippen LogP contribution >= 0.6 is 0 Å². The highest BCUT2D eigenvalue weighted by Crippen LogP contribution is 2.43. The largest absolute Gasteiger partial charge is 0.385 e. The van der Waals surface area contributed by atoms with E-state index in [2.05, 4.69) is 62.4 Å². The summed E-state index contributed by atoms with van der Waals surface area (Å²) in [6.07, 6.45) is 8.52. The molecular formula is C24H32O. The first-order valence-electron chi connectivity index (χ1n) is 10.0. The summed E-state index contributed by atoms with van der Waals surface area (Å²) in [5.74, 6) is 0.593.